The van der Waals surface area contributed by atoms with E-state index in [4.69, 9.17) is 28.4 Å². The number of esters is 1. The van der Waals surface area contributed by atoms with Crippen LogP contribution in [0, 0.1) is 0 Å². The number of hydrogen-bond acceptors (Lipinski definition) is 7. The number of benzene rings is 2. The van der Waals surface area contributed by atoms with Crippen LogP contribution in [0.1, 0.15) is 34.0 Å². The van der Waals surface area contributed by atoms with Gasteiger partial charge in [0.05, 0.1) is 40.1 Å². The second kappa shape index (κ2) is 9.15. The Morgan fingerprint density at radius 3 is 2.38 bits per heavy atom. The molecule has 156 valence electrons. The van der Waals surface area contributed by atoms with Gasteiger partial charge in [0.2, 0.25) is 5.75 Å². The number of hydrogen-bond donors (Lipinski definition) is 0. The predicted molar refractivity (Wildman–Crippen MR) is 107 cm³/mol. The molecule has 0 bridgehead atoms. The molecule has 1 atom stereocenters. The van der Waals surface area contributed by atoms with E-state index in [1.54, 1.807) is 34.5 Å². The molecule has 29 heavy (non-hydrogen) atoms. The standard InChI is InChI=1S/C22H26O7/c1-24-12-29-17-9-7-13-11-18(25-2)20(26-3)21(27-4)19(13)15-8-6-14(10-16(15)17)22(23)28-5/h6,8,10-11,17H,7,9,12H2,1-5H3/t17-/m1/s1. The second-order valence-corrected chi connectivity index (χ2v) is 6.57. The molecule has 0 heterocycles. The highest BCUT2D eigenvalue weighted by Crippen LogP contribution is 2.51. The van der Waals surface area contributed by atoms with Crippen LogP contribution in [0.4, 0.5) is 0 Å². The molecular weight excluding hydrogens is 376 g/mol. The molecule has 2 aromatic carbocycles. The Bertz CT molecular complexity index is 891. The molecule has 2 aromatic rings. The van der Waals surface area contributed by atoms with E-state index >= 15 is 0 Å². The first-order valence-corrected chi connectivity index (χ1v) is 9.24. The molecule has 0 saturated carbocycles. The van der Waals surface area contributed by atoms with E-state index in [9.17, 15) is 4.79 Å². The Morgan fingerprint density at radius 2 is 1.76 bits per heavy atom. The van der Waals surface area contributed by atoms with Crippen LogP contribution >= 0.6 is 0 Å². The van der Waals surface area contributed by atoms with Crippen molar-refractivity contribution in [2.24, 2.45) is 0 Å². The van der Waals surface area contributed by atoms with Gasteiger partial charge in [-0.05, 0) is 47.7 Å². The zero-order valence-corrected chi connectivity index (χ0v) is 17.4. The van der Waals surface area contributed by atoms with Crippen molar-refractivity contribution < 1.29 is 33.2 Å². The van der Waals surface area contributed by atoms with Crippen LogP contribution in [0.15, 0.2) is 24.3 Å². The van der Waals surface area contributed by atoms with Crippen LogP contribution in [0.2, 0.25) is 0 Å². The summed E-state index contributed by atoms with van der Waals surface area (Å²) in [6.07, 6.45) is 1.17. The fourth-order valence-corrected chi connectivity index (χ4v) is 3.77. The van der Waals surface area contributed by atoms with Gasteiger partial charge >= 0.3 is 5.97 Å². The molecule has 0 aromatic heterocycles. The molecule has 7 heteroatoms. The lowest BCUT2D eigenvalue weighted by atomic mass is 9.93. The zero-order valence-electron chi connectivity index (χ0n) is 17.4. The van der Waals surface area contributed by atoms with Crippen LogP contribution in [0.5, 0.6) is 17.2 Å². The predicted octanol–water partition coefficient (Wildman–Crippen LogP) is 3.77. The second-order valence-electron chi connectivity index (χ2n) is 6.57. The summed E-state index contributed by atoms with van der Waals surface area (Å²) in [5.41, 5.74) is 4.19. The molecule has 0 aliphatic heterocycles. The SMILES string of the molecule is COCO[C@@H]1CCc2cc(OC)c(OC)c(OC)c2-c2ccc(C(=O)OC)cc21. The first-order chi connectivity index (χ1) is 14.1. The molecule has 0 saturated heterocycles. The number of aryl methyl sites for hydroxylation is 1. The molecule has 3 rings (SSSR count). The van der Waals surface area contributed by atoms with Gasteiger partial charge in [0.25, 0.3) is 0 Å². The van der Waals surface area contributed by atoms with Crippen LogP contribution < -0.4 is 14.2 Å². The fourth-order valence-electron chi connectivity index (χ4n) is 3.77. The lowest BCUT2D eigenvalue weighted by Gasteiger charge is -2.21. The molecule has 0 amide bonds. The minimum Gasteiger partial charge on any atom is -0.493 e. The third-order valence-corrected chi connectivity index (χ3v) is 5.06. The van der Waals surface area contributed by atoms with Gasteiger partial charge < -0.3 is 28.4 Å². The van der Waals surface area contributed by atoms with Gasteiger partial charge in [-0.2, -0.15) is 0 Å². The number of rotatable bonds is 7. The third-order valence-electron chi connectivity index (χ3n) is 5.06. The van der Waals surface area contributed by atoms with Crippen molar-refractivity contribution in [2.75, 3.05) is 42.3 Å². The number of fused-ring (bicyclic) bond motifs is 3. The van der Waals surface area contributed by atoms with E-state index < -0.39 is 5.97 Å². The normalized spacial score (nSPS) is 15.0. The summed E-state index contributed by atoms with van der Waals surface area (Å²) >= 11 is 0. The number of ether oxygens (including phenoxy) is 6. The largest absolute Gasteiger partial charge is 0.493 e. The van der Waals surface area contributed by atoms with Gasteiger partial charge in [-0.25, -0.2) is 4.79 Å². The van der Waals surface area contributed by atoms with Gasteiger partial charge in [-0.3, -0.25) is 0 Å². The van der Waals surface area contributed by atoms with E-state index in [0.29, 0.717) is 29.2 Å². The van der Waals surface area contributed by atoms with E-state index in [1.165, 1.54) is 7.11 Å². The first kappa shape index (κ1) is 21.0. The molecular formula is C22H26O7. The van der Waals surface area contributed by atoms with Gasteiger partial charge in [-0.1, -0.05) is 6.07 Å². The van der Waals surface area contributed by atoms with Crippen molar-refractivity contribution in [3.8, 4) is 28.4 Å². The average molecular weight is 402 g/mol. The minimum absolute atomic E-state index is 0.146. The summed E-state index contributed by atoms with van der Waals surface area (Å²) in [5, 5.41) is 0. The molecule has 0 N–H and O–H groups in total. The molecule has 0 radical (unpaired) electrons. The van der Waals surface area contributed by atoms with Gasteiger partial charge in [0, 0.05) is 12.7 Å². The van der Waals surface area contributed by atoms with Crippen molar-refractivity contribution in [1.82, 2.24) is 0 Å². The van der Waals surface area contributed by atoms with Crippen molar-refractivity contribution in [3.63, 3.8) is 0 Å². The summed E-state index contributed by atoms with van der Waals surface area (Å²) in [6.45, 7) is 0.146. The summed E-state index contributed by atoms with van der Waals surface area (Å²) in [4.78, 5) is 12.1. The number of methoxy groups -OCH3 is 5. The van der Waals surface area contributed by atoms with Crippen LogP contribution in [-0.2, 0) is 20.6 Å². The summed E-state index contributed by atoms with van der Waals surface area (Å²) < 4.78 is 32.8. The van der Waals surface area contributed by atoms with Crippen molar-refractivity contribution in [1.29, 1.82) is 0 Å². The minimum atomic E-state index is -0.401. The Kier molecular flexibility index (Phi) is 6.61. The maximum absolute atomic E-state index is 12.1. The Labute approximate surface area is 170 Å². The maximum Gasteiger partial charge on any atom is 0.337 e. The first-order valence-electron chi connectivity index (χ1n) is 9.24. The van der Waals surface area contributed by atoms with Crippen LogP contribution in [0.25, 0.3) is 11.1 Å². The molecule has 0 unspecified atom stereocenters. The lowest BCUT2D eigenvalue weighted by Crippen LogP contribution is -2.09. The summed E-state index contributed by atoms with van der Waals surface area (Å²) in [7, 11) is 7.72. The van der Waals surface area contributed by atoms with Crippen LogP contribution in [-0.4, -0.2) is 48.3 Å². The number of carbonyl (C=O) groups excluding carboxylic acids is 1. The Morgan fingerprint density at radius 1 is 1.00 bits per heavy atom. The Hall–Kier alpha value is -2.77. The van der Waals surface area contributed by atoms with E-state index in [-0.39, 0.29) is 12.9 Å². The smallest absolute Gasteiger partial charge is 0.337 e. The van der Waals surface area contributed by atoms with Gasteiger partial charge in [0.15, 0.2) is 11.5 Å². The lowest BCUT2D eigenvalue weighted by molar-refractivity contribution is -0.0752. The molecule has 7 nitrogen and oxygen atoms in total. The molecule has 0 spiro atoms. The van der Waals surface area contributed by atoms with E-state index in [0.717, 1.165) is 28.7 Å². The average Bonchev–Trinajstić information content (AvgIpc) is 2.91. The monoisotopic (exact) mass is 402 g/mol. The third kappa shape index (κ3) is 3.88. The number of carbonyl (C=O) groups is 1. The molecule has 0 fully saturated rings. The quantitative estimate of drug-likeness (QED) is 0.516. The summed E-state index contributed by atoms with van der Waals surface area (Å²) in [5.74, 6) is 1.31. The van der Waals surface area contributed by atoms with Crippen molar-refractivity contribution in [3.05, 3.63) is 41.0 Å². The van der Waals surface area contributed by atoms with E-state index in [1.807, 2.05) is 18.2 Å². The molecule has 1 aliphatic rings. The Balaban J connectivity index is 2.27. The zero-order chi connectivity index (χ0) is 21.0. The molecule has 1 aliphatic carbocycles. The maximum atomic E-state index is 12.1. The van der Waals surface area contributed by atoms with E-state index in [2.05, 4.69) is 0 Å². The van der Waals surface area contributed by atoms with Gasteiger partial charge in [0.1, 0.15) is 6.79 Å². The van der Waals surface area contributed by atoms with Crippen molar-refractivity contribution >= 4 is 5.97 Å². The highest BCUT2D eigenvalue weighted by atomic mass is 16.7. The summed E-state index contributed by atoms with van der Waals surface area (Å²) in [6, 6.07) is 7.41. The van der Waals surface area contributed by atoms with Crippen molar-refractivity contribution in [2.45, 2.75) is 18.9 Å². The topological polar surface area (TPSA) is 72.5 Å². The highest BCUT2D eigenvalue weighted by Gasteiger charge is 2.30. The fraction of sp³-hybridized carbons (Fsp3) is 0.409. The van der Waals surface area contributed by atoms with Crippen LogP contribution in [0.3, 0.4) is 0 Å². The highest BCUT2D eigenvalue weighted by molar-refractivity contribution is 5.92. The van der Waals surface area contributed by atoms with Gasteiger partial charge in [-0.15, -0.1) is 0 Å².